The first kappa shape index (κ1) is 15.7. The Morgan fingerprint density at radius 2 is 2.09 bits per heavy atom. The Bertz CT molecular complexity index is 646. The van der Waals surface area contributed by atoms with Gasteiger partial charge in [0.1, 0.15) is 0 Å². The number of benzene rings is 1. The standard InChI is InChI=1S/C17H22N4O2/c18-15-8-14(9-16(15)22)17(23)19-10-12-4-1-2-5-13(12)11-21-7-3-6-20-21/h1-7,14-16,22H,8-11,18H2,(H,19,23)/t14-,15-,16-/m0/s1. The number of nitrogens with one attached hydrogen (secondary N) is 1. The normalized spacial score (nSPS) is 23.8. The summed E-state index contributed by atoms with van der Waals surface area (Å²) in [6, 6.07) is 9.59. The second-order valence-corrected chi connectivity index (χ2v) is 6.09. The van der Waals surface area contributed by atoms with Crippen LogP contribution in [0.5, 0.6) is 0 Å². The average molecular weight is 314 g/mol. The van der Waals surface area contributed by atoms with Crippen LogP contribution in [0.15, 0.2) is 42.7 Å². The van der Waals surface area contributed by atoms with E-state index in [1.54, 1.807) is 6.20 Å². The molecule has 1 aromatic carbocycles. The van der Waals surface area contributed by atoms with E-state index < -0.39 is 6.10 Å². The molecule has 6 heteroatoms. The van der Waals surface area contributed by atoms with Crippen molar-refractivity contribution in [2.75, 3.05) is 0 Å². The van der Waals surface area contributed by atoms with Gasteiger partial charge in [-0.3, -0.25) is 9.48 Å². The predicted octanol–water partition coefficient (Wildman–Crippen LogP) is 0.646. The molecule has 3 rings (SSSR count). The first-order valence-corrected chi connectivity index (χ1v) is 7.89. The van der Waals surface area contributed by atoms with Gasteiger partial charge in [0.05, 0.1) is 12.6 Å². The molecule has 6 nitrogen and oxygen atoms in total. The summed E-state index contributed by atoms with van der Waals surface area (Å²) in [4.78, 5) is 12.2. The molecule has 0 bridgehead atoms. The highest BCUT2D eigenvalue weighted by Crippen LogP contribution is 2.25. The van der Waals surface area contributed by atoms with Crippen LogP contribution in [0.1, 0.15) is 24.0 Å². The summed E-state index contributed by atoms with van der Waals surface area (Å²) in [6.07, 6.45) is 4.08. The van der Waals surface area contributed by atoms with E-state index in [4.69, 9.17) is 5.73 Å². The minimum absolute atomic E-state index is 0.0362. The molecule has 0 saturated heterocycles. The van der Waals surface area contributed by atoms with Crippen molar-refractivity contribution in [3.63, 3.8) is 0 Å². The van der Waals surface area contributed by atoms with Gasteiger partial charge in [-0.1, -0.05) is 24.3 Å². The van der Waals surface area contributed by atoms with Crippen molar-refractivity contribution in [3.05, 3.63) is 53.9 Å². The average Bonchev–Trinajstić information content (AvgIpc) is 3.17. The van der Waals surface area contributed by atoms with Crippen LogP contribution in [-0.2, 0) is 17.9 Å². The van der Waals surface area contributed by atoms with Crippen molar-refractivity contribution in [1.82, 2.24) is 15.1 Å². The molecular weight excluding hydrogens is 292 g/mol. The van der Waals surface area contributed by atoms with E-state index in [2.05, 4.69) is 10.4 Å². The number of nitrogens with zero attached hydrogens (tertiary/aromatic N) is 2. The molecule has 0 unspecified atom stereocenters. The summed E-state index contributed by atoms with van der Waals surface area (Å²) < 4.78 is 1.85. The fourth-order valence-electron chi connectivity index (χ4n) is 3.04. The van der Waals surface area contributed by atoms with Gasteiger partial charge in [0.15, 0.2) is 0 Å². The summed E-state index contributed by atoms with van der Waals surface area (Å²) in [7, 11) is 0. The fraction of sp³-hybridized carbons (Fsp3) is 0.412. The van der Waals surface area contributed by atoms with Gasteiger partial charge in [-0.2, -0.15) is 5.10 Å². The van der Waals surface area contributed by atoms with Crippen LogP contribution in [0, 0.1) is 5.92 Å². The molecule has 0 spiro atoms. The molecule has 1 saturated carbocycles. The van der Waals surface area contributed by atoms with Crippen molar-refractivity contribution in [2.45, 2.75) is 38.1 Å². The van der Waals surface area contributed by atoms with Gasteiger partial charge >= 0.3 is 0 Å². The topological polar surface area (TPSA) is 93.2 Å². The van der Waals surface area contributed by atoms with Crippen molar-refractivity contribution < 1.29 is 9.90 Å². The monoisotopic (exact) mass is 314 g/mol. The van der Waals surface area contributed by atoms with E-state index in [-0.39, 0.29) is 17.9 Å². The third-order valence-electron chi connectivity index (χ3n) is 4.41. The Morgan fingerprint density at radius 3 is 2.74 bits per heavy atom. The number of aliphatic hydroxyl groups excluding tert-OH is 1. The van der Waals surface area contributed by atoms with Crippen molar-refractivity contribution in [3.8, 4) is 0 Å². The van der Waals surface area contributed by atoms with Gasteiger partial charge < -0.3 is 16.2 Å². The number of carbonyl (C=O) groups is 1. The zero-order chi connectivity index (χ0) is 16.2. The van der Waals surface area contributed by atoms with Crippen LogP contribution in [0.2, 0.25) is 0 Å². The SMILES string of the molecule is N[C@H]1C[C@H](C(=O)NCc2ccccc2Cn2cccn2)C[C@@H]1O. The molecule has 1 fully saturated rings. The molecule has 1 aliphatic rings. The lowest BCUT2D eigenvalue weighted by molar-refractivity contribution is -0.125. The minimum atomic E-state index is -0.571. The molecule has 2 aromatic rings. The third kappa shape index (κ3) is 3.78. The summed E-state index contributed by atoms with van der Waals surface area (Å²) in [5.74, 6) is -0.232. The van der Waals surface area contributed by atoms with Crippen molar-refractivity contribution >= 4 is 5.91 Å². The summed E-state index contributed by atoms with van der Waals surface area (Å²) >= 11 is 0. The van der Waals surface area contributed by atoms with Crippen molar-refractivity contribution in [1.29, 1.82) is 0 Å². The van der Waals surface area contributed by atoms with Gasteiger partial charge in [0.25, 0.3) is 0 Å². The Morgan fingerprint density at radius 1 is 1.30 bits per heavy atom. The molecule has 3 atom stereocenters. The van der Waals surface area contributed by atoms with Gasteiger partial charge in [0, 0.05) is 30.9 Å². The van der Waals surface area contributed by atoms with Gasteiger partial charge in [-0.15, -0.1) is 0 Å². The molecule has 23 heavy (non-hydrogen) atoms. The lowest BCUT2D eigenvalue weighted by Gasteiger charge is -2.13. The summed E-state index contributed by atoms with van der Waals surface area (Å²) in [5, 5.41) is 16.9. The number of aromatic nitrogens is 2. The van der Waals surface area contributed by atoms with Gasteiger partial charge in [0.2, 0.25) is 5.91 Å². The number of nitrogens with two attached hydrogens (primary N) is 1. The number of aliphatic hydroxyl groups is 1. The van der Waals surface area contributed by atoms with Crippen LogP contribution >= 0.6 is 0 Å². The Labute approximate surface area is 135 Å². The summed E-state index contributed by atoms with van der Waals surface area (Å²) in [5.41, 5.74) is 7.97. The molecule has 0 aliphatic heterocycles. The highest BCUT2D eigenvalue weighted by atomic mass is 16.3. The number of carbonyl (C=O) groups excluding carboxylic acids is 1. The third-order valence-corrected chi connectivity index (χ3v) is 4.41. The van der Waals surface area contributed by atoms with Crippen LogP contribution < -0.4 is 11.1 Å². The molecule has 1 aromatic heterocycles. The van der Waals surface area contributed by atoms with E-state index in [0.717, 1.165) is 11.1 Å². The number of rotatable bonds is 5. The highest BCUT2D eigenvalue weighted by Gasteiger charge is 2.34. The number of hydrogen-bond donors (Lipinski definition) is 3. The van der Waals surface area contributed by atoms with E-state index in [0.29, 0.717) is 25.9 Å². The molecule has 1 amide bonds. The lowest BCUT2D eigenvalue weighted by atomic mass is 10.1. The predicted molar refractivity (Wildman–Crippen MR) is 86.3 cm³/mol. The summed E-state index contributed by atoms with van der Waals surface area (Å²) in [6.45, 7) is 1.14. The van der Waals surface area contributed by atoms with Crippen LogP contribution in [0.25, 0.3) is 0 Å². The maximum atomic E-state index is 12.2. The number of amides is 1. The zero-order valence-electron chi connectivity index (χ0n) is 12.9. The Balaban J connectivity index is 1.61. The van der Waals surface area contributed by atoms with Crippen LogP contribution in [0.3, 0.4) is 0 Å². The Hall–Kier alpha value is -2.18. The van der Waals surface area contributed by atoms with E-state index in [9.17, 15) is 9.90 Å². The molecule has 4 N–H and O–H groups in total. The largest absolute Gasteiger partial charge is 0.391 e. The number of hydrogen-bond acceptors (Lipinski definition) is 4. The molecule has 0 radical (unpaired) electrons. The lowest BCUT2D eigenvalue weighted by Crippen LogP contribution is -2.30. The molecular formula is C17H22N4O2. The maximum absolute atomic E-state index is 12.2. The van der Waals surface area contributed by atoms with Crippen molar-refractivity contribution in [2.24, 2.45) is 11.7 Å². The highest BCUT2D eigenvalue weighted by molar-refractivity contribution is 5.79. The quantitative estimate of drug-likeness (QED) is 0.755. The van der Waals surface area contributed by atoms with E-state index >= 15 is 0 Å². The zero-order valence-corrected chi connectivity index (χ0v) is 12.9. The molecule has 122 valence electrons. The second kappa shape index (κ2) is 6.93. The van der Waals surface area contributed by atoms with E-state index in [1.807, 2.05) is 41.2 Å². The van der Waals surface area contributed by atoms with Crippen LogP contribution in [-0.4, -0.2) is 32.9 Å². The first-order valence-electron chi connectivity index (χ1n) is 7.89. The van der Waals surface area contributed by atoms with Gasteiger partial charge in [-0.05, 0) is 30.0 Å². The molecule has 1 heterocycles. The smallest absolute Gasteiger partial charge is 0.223 e. The Kier molecular flexibility index (Phi) is 4.73. The first-order chi connectivity index (χ1) is 11.1. The maximum Gasteiger partial charge on any atom is 0.223 e. The fourth-order valence-corrected chi connectivity index (χ4v) is 3.04. The minimum Gasteiger partial charge on any atom is -0.391 e. The van der Waals surface area contributed by atoms with Crippen LogP contribution in [0.4, 0.5) is 0 Å². The van der Waals surface area contributed by atoms with Gasteiger partial charge in [-0.25, -0.2) is 0 Å². The second-order valence-electron chi connectivity index (χ2n) is 6.09. The molecule has 1 aliphatic carbocycles. The van der Waals surface area contributed by atoms with E-state index in [1.165, 1.54) is 0 Å².